The van der Waals surface area contributed by atoms with Crippen LogP contribution in [0, 0.1) is 0 Å². The molecule has 0 aliphatic heterocycles. The second-order valence-electron chi connectivity index (χ2n) is 5.13. The molecular formula is C17H25N3OS. The Kier molecular flexibility index (Phi) is 6.77. The predicted molar refractivity (Wildman–Crippen MR) is 91.5 cm³/mol. The molecule has 1 aromatic heterocycles. The lowest BCUT2D eigenvalue weighted by Crippen LogP contribution is -2.07. The number of rotatable bonds is 9. The quantitative estimate of drug-likeness (QED) is 0.509. The van der Waals surface area contributed by atoms with Crippen molar-refractivity contribution in [1.29, 1.82) is 0 Å². The van der Waals surface area contributed by atoms with Gasteiger partial charge in [0.1, 0.15) is 12.4 Å². The molecule has 0 unspecified atom stereocenters. The second kappa shape index (κ2) is 8.83. The van der Waals surface area contributed by atoms with Gasteiger partial charge >= 0.3 is 0 Å². The number of ether oxygens (including phenoxy) is 1. The van der Waals surface area contributed by atoms with E-state index in [9.17, 15) is 0 Å². The van der Waals surface area contributed by atoms with Crippen molar-refractivity contribution >= 4 is 11.8 Å². The summed E-state index contributed by atoms with van der Waals surface area (Å²) >= 11 is 1.78. The van der Waals surface area contributed by atoms with Crippen LogP contribution in [0.5, 0.6) is 5.75 Å². The molecule has 4 nitrogen and oxygen atoms in total. The van der Waals surface area contributed by atoms with Crippen LogP contribution in [0.4, 0.5) is 0 Å². The standard InChI is InChI=1S/C17H25N3OS/c1-4-7-12-22-17-19-18-16(20(17)6-3)13-21-15-10-8-14(5-2)9-11-15/h8-11H,4-7,12-13H2,1-3H3. The Morgan fingerprint density at radius 2 is 1.86 bits per heavy atom. The van der Waals surface area contributed by atoms with Gasteiger partial charge in [-0.3, -0.25) is 0 Å². The summed E-state index contributed by atoms with van der Waals surface area (Å²) in [5.41, 5.74) is 1.32. The van der Waals surface area contributed by atoms with E-state index in [1.54, 1.807) is 11.8 Å². The summed E-state index contributed by atoms with van der Waals surface area (Å²) in [5.74, 6) is 2.86. The van der Waals surface area contributed by atoms with Gasteiger partial charge in [0.2, 0.25) is 0 Å². The molecule has 0 spiro atoms. The molecule has 0 saturated heterocycles. The largest absolute Gasteiger partial charge is 0.486 e. The third-order valence-electron chi connectivity index (χ3n) is 3.54. The van der Waals surface area contributed by atoms with E-state index >= 15 is 0 Å². The van der Waals surface area contributed by atoms with Crippen molar-refractivity contribution in [3.8, 4) is 5.75 Å². The van der Waals surface area contributed by atoms with Crippen LogP contribution in [0.1, 0.15) is 45.0 Å². The minimum Gasteiger partial charge on any atom is -0.486 e. The number of aromatic nitrogens is 3. The summed E-state index contributed by atoms with van der Waals surface area (Å²) in [4.78, 5) is 0. The Morgan fingerprint density at radius 3 is 2.50 bits per heavy atom. The highest BCUT2D eigenvalue weighted by atomic mass is 32.2. The Morgan fingerprint density at radius 1 is 1.09 bits per heavy atom. The van der Waals surface area contributed by atoms with Gasteiger partial charge in [0, 0.05) is 12.3 Å². The van der Waals surface area contributed by atoms with Gasteiger partial charge in [-0.25, -0.2) is 0 Å². The lowest BCUT2D eigenvalue weighted by molar-refractivity contribution is 0.288. The SMILES string of the molecule is CCCCSc1nnc(COc2ccc(CC)cc2)n1CC. The van der Waals surface area contributed by atoms with Gasteiger partial charge in [-0.2, -0.15) is 0 Å². The maximum absolute atomic E-state index is 5.84. The average molecular weight is 319 g/mol. The zero-order valence-corrected chi connectivity index (χ0v) is 14.5. The fourth-order valence-corrected chi connectivity index (χ4v) is 3.23. The van der Waals surface area contributed by atoms with Gasteiger partial charge < -0.3 is 9.30 Å². The van der Waals surface area contributed by atoms with Crippen LogP contribution < -0.4 is 4.74 Å². The molecule has 5 heteroatoms. The fourth-order valence-electron chi connectivity index (χ4n) is 2.13. The molecule has 1 heterocycles. The van der Waals surface area contributed by atoms with Crippen molar-refractivity contribution in [3.63, 3.8) is 0 Å². The van der Waals surface area contributed by atoms with E-state index in [1.165, 1.54) is 18.4 Å². The highest BCUT2D eigenvalue weighted by Gasteiger charge is 2.11. The predicted octanol–water partition coefficient (Wildman–Crippen LogP) is 4.33. The molecule has 22 heavy (non-hydrogen) atoms. The summed E-state index contributed by atoms with van der Waals surface area (Å²) in [5, 5.41) is 9.57. The van der Waals surface area contributed by atoms with Crippen molar-refractivity contribution in [2.45, 2.75) is 58.3 Å². The molecular weight excluding hydrogens is 294 g/mol. The summed E-state index contributed by atoms with van der Waals surface area (Å²) in [7, 11) is 0. The van der Waals surface area contributed by atoms with Crippen molar-refractivity contribution in [1.82, 2.24) is 14.8 Å². The highest BCUT2D eigenvalue weighted by molar-refractivity contribution is 7.99. The van der Waals surface area contributed by atoms with Crippen molar-refractivity contribution < 1.29 is 4.74 Å². The lowest BCUT2D eigenvalue weighted by Gasteiger charge is -2.09. The summed E-state index contributed by atoms with van der Waals surface area (Å²) in [6, 6.07) is 8.24. The minimum absolute atomic E-state index is 0.459. The normalized spacial score (nSPS) is 10.9. The first-order valence-corrected chi connectivity index (χ1v) is 9.03. The van der Waals surface area contributed by atoms with Crippen LogP contribution in [-0.4, -0.2) is 20.5 Å². The van der Waals surface area contributed by atoms with Gasteiger partial charge in [-0.1, -0.05) is 44.2 Å². The Labute approximate surface area is 137 Å². The minimum atomic E-state index is 0.459. The van der Waals surface area contributed by atoms with Crippen LogP contribution in [0.3, 0.4) is 0 Å². The second-order valence-corrected chi connectivity index (χ2v) is 6.19. The maximum Gasteiger partial charge on any atom is 0.191 e. The number of hydrogen-bond donors (Lipinski definition) is 0. The number of benzene rings is 1. The molecule has 0 aliphatic rings. The number of aryl methyl sites for hydroxylation is 1. The lowest BCUT2D eigenvalue weighted by atomic mass is 10.2. The van der Waals surface area contributed by atoms with Gasteiger partial charge in [-0.05, 0) is 37.5 Å². The van der Waals surface area contributed by atoms with Gasteiger partial charge in [0.15, 0.2) is 11.0 Å². The molecule has 2 aromatic rings. The van der Waals surface area contributed by atoms with E-state index in [1.807, 2.05) is 12.1 Å². The number of nitrogens with zero attached hydrogens (tertiary/aromatic N) is 3. The summed E-state index contributed by atoms with van der Waals surface area (Å²) < 4.78 is 7.98. The van der Waals surface area contributed by atoms with Crippen LogP contribution in [-0.2, 0) is 19.6 Å². The number of thioether (sulfide) groups is 1. The monoisotopic (exact) mass is 319 g/mol. The van der Waals surface area contributed by atoms with E-state index in [4.69, 9.17) is 4.74 Å². The Hall–Kier alpha value is -1.49. The van der Waals surface area contributed by atoms with Crippen molar-refractivity contribution in [2.75, 3.05) is 5.75 Å². The molecule has 0 amide bonds. The molecule has 2 rings (SSSR count). The molecule has 0 saturated carbocycles. The third kappa shape index (κ3) is 4.50. The number of unbranched alkanes of at least 4 members (excludes halogenated alkanes) is 1. The van der Waals surface area contributed by atoms with Crippen LogP contribution in [0.2, 0.25) is 0 Å². The topological polar surface area (TPSA) is 39.9 Å². The maximum atomic E-state index is 5.84. The molecule has 0 bridgehead atoms. The smallest absolute Gasteiger partial charge is 0.191 e. The highest BCUT2D eigenvalue weighted by Crippen LogP contribution is 2.20. The molecule has 120 valence electrons. The molecule has 0 fully saturated rings. The zero-order chi connectivity index (χ0) is 15.8. The Bertz CT molecular complexity index is 566. The molecule has 0 N–H and O–H groups in total. The van der Waals surface area contributed by atoms with E-state index in [0.29, 0.717) is 6.61 Å². The molecule has 0 radical (unpaired) electrons. The van der Waals surface area contributed by atoms with E-state index in [2.05, 4.69) is 47.7 Å². The third-order valence-corrected chi connectivity index (χ3v) is 4.59. The zero-order valence-electron chi connectivity index (χ0n) is 13.7. The first-order valence-electron chi connectivity index (χ1n) is 8.05. The summed E-state index contributed by atoms with van der Waals surface area (Å²) in [6.07, 6.45) is 3.45. The van der Waals surface area contributed by atoms with Gasteiger partial charge in [0.05, 0.1) is 0 Å². The Balaban J connectivity index is 1.96. The molecule has 0 atom stereocenters. The van der Waals surface area contributed by atoms with Crippen molar-refractivity contribution in [3.05, 3.63) is 35.7 Å². The van der Waals surface area contributed by atoms with E-state index in [-0.39, 0.29) is 0 Å². The van der Waals surface area contributed by atoms with Crippen LogP contribution >= 0.6 is 11.8 Å². The fraction of sp³-hybridized carbons (Fsp3) is 0.529. The molecule has 0 aliphatic carbocycles. The van der Waals surface area contributed by atoms with Crippen LogP contribution in [0.25, 0.3) is 0 Å². The van der Waals surface area contributed by atoms with Gasteiger partial charge in [0.25, 0.3) is 0 Å². The van der Waals surface area contributed by atoms with Crippen molar-refractivity contribution in [2.24, 2.45) is 0 Å². The first-order chi connectivity index (χ1) is 10.8. The first kappa shape index (κ1) is 16.9. The van der Waals surface area contributed by atoms with Gasteiger partial charge in [-0.15, -0.1) is 10.2 Å². The van der Waals surface area contributed by atoms with E-state index in [0.717, 1.165) is 35.4 Å². The molecule has 1 aromatic carbocycles. The van der Waals surface area contributed by atoms with Crippen LogP contribution in [0.15, 0.2) is 29.4 Å². The van der Waals surface area contributed by atoms with E-state index < -0.39 is 0 Å². The average Bonchev–Trinajstić information content (AvgIpc) is 2.95. The summed E-state index contributed by atoms with van der Waals surface area (Å²) in [6.45, 7) is 7.80. The number of hydrogen-bond acceptors (Lipinski definition) is 4.